The number of rotatable bonds is 3. The SMILES string of the molecule is Nc1ccc(-c2ncn(-c3ccc([S+]([O-])C(F)(F)F)cc3)n2)cc1F. The lowest BCUT2D eigenvalue weighted by Crippen LogP contribution is -2.23. The van der Waals surface area contributed by atoms with E-state index in [0.29, 0.717) is 11.3 Å². The lowest BCUT2D eigenvalue weighted by atomic mass is 10.2. The summed E-state index contributed by atoms with van der Waals surface area (Å²) in [6, 6.07) is 8.99. The Hall–Kier alpha value is -2.59. The first-order chi connectivity index (χ1) is 11.8. The number of aromatic nitrogens is 3. The fourth-order valence-corrected chi connectivity index (χ4v) is 2.69. The third kappa shape index (κ3) is 3.59. The summed E-state index contributed by atoms with van der Waals surface area (Å²) in [6.45, 7) is 0. The maximum atomic E-state index is 13.5. The molecule has 0 spiro atoms. The molecule has 0 fully saturated rings. The second kappa shape index (κ2) is 6.37. The van der Waals surface area contributed by atoms with Crippen molar-refractivity contribution in [2.24, 2.45) is 0 Å². The molecule has 2 aromatic carbocycles. The summed E-state index contributed by atoms with van der Waals surface area (Å²) in [7, 11) is 0. The molecule has 0 aliphatic carbocycles. The minimum absolute atomic E-state index is 0.00330. The maximum Gasteiger partial charge on any atom is 0.578 e. The summed E-state index contributed by atoms with van der Waals surface area (Å²) in [5.41, 5.74) is 1.40. The standard InChI is InChI=1S/C15H10F4N4OS/c16-12-7-9(1-6-13(12)20)14-21-8-23(22-14)10-2-4-11(5-3-10)25(24)15(17,18)19/h1-8H,20H2. The van der Waals surface area contributed by atoms with Crippen LogP contribution in [0.5, 0.6) is 0 Å². The zero-order valence-electron chi connectivity index (χ0n) is 12.4. The summed E-state index contributed by atoms with van der Waals surface area (Å²) in [5.74, 6) is -0.380. The first kappa shape index (κ1) is 17.2. The van der Waals surface area contributed by atoms with Gasteiger partial charge in [0.05, 0.1) is 22.6 Å². The Morgan fingerprint density at radius 1 is 1.08 bits per heavy atom. The van der Waals surface area contributed by atoms with Crippen LogP contribution in [0.4, 0.5) is 23.2 Å². The Morgan fingerprint density at radius 3 is 2.36 bits per heavy atom. The monoisotopic (exact) mass is 370 g/mol. The number of anilines is 1. The summed E-state index contributed by atoms with van der Waals surface area (Å²) in [4.78, 5) is 3.67. The number of halogens is 4. The Kier molecular flexibility index (Phi) is 4.39. The quantitative estimate of drug-likeness (QED) is 0.436. The Balaban J connectivity index is 1.86. The third-order valence-electron chi connectivity index (χ3n) is 3.28. The van der Waals surface area contributed by atoms with Crippen molar-refractivity contribution >= 4 is 16.9 Å². The smallest absolute Gasteiger partial charge is 0.578 e. The van der Waals surface area contributed by atoms with E-state index in [4.69, 9.17) is 5.73 Å². The van der Waals surface area contributed by atoms with E-state index in [1.54, 1.807) is 6.07 Å². The minimum Gasteiger partial charge on any atom is -0.604 e. The second-order valence-electron chi connectivity index (χ2n) is 4.96. The van der Waals surface area contributed by atoms with E-state index < -0.39 is 22.5 Å². The van der Waals surface area contributed by atoms with Crippen LogP contribution in [0.25, 0.3) is 17.1 Å². The van der Waals surface area contributed by atoms with Gasteiger partial charge < -0.3 is 10.3 Å². The molecule has 3 aromatic rings. The number of alkyl halides is 3. The van der Waals surface area contributed by atoms with Crippen molar-refractivity contribution in [3.8, 4) is 17.1 Å². The average Bonchev–Trinajstić information content (AvgIpc) is 3.06. The zero-order chi connectivity index (χ0) is 18.2. The van der Waals surface area contributed by atoms with E-state index in [9.17, 15) is 22.1 Å². The predicted molar refractivity (Wildman–Crippen MR) is 83.6 cm³/mol. The van der Waals surface area contributed by atoms with Crippen molar-refractivity contribution < 1.29 is 22.1 Å². The predicted octanol–water partition coefficient (Wildman–Crippen LogP) is 3.28. The van der Waals surface area contributed by atoms with Crippen LogP contribution < -0.4 is 5.73 Å². The summed E-state index contributed by atoms with van der Waals surface area (Å²) < 4.78 is 63.4. The number of nitrogens with two attached hydrogens (primary N) is 1. The average molecular weight is 370 g/mol. The molecule has 130 valence electrons. The molecular weight excluding hydrogens is 360 g/mol. The van der Waals surface area contributed by atoms with Crippen molar-refractivity contribution in [2.45, 2.75) is 10.4 Å². The lowest BCUT2D eigenvalue weighted by molar-refractivity contribution is -0.0435. The van der Waals surface area contributed by atoms with E-state index in [2.05, 4.69) is 10.1 Å². The molecule has 1 atom stereocenters. The molecule has 0 saturated heterocycles. The molecule has 0 saturated carbocycles. The van der Waals surface area contributed by atoms with E-state index in [1.807, 2.05) is 0 Å². The molecular formula is C15H10F4N4OS. The first-order valence-electron chi connectivity index (χ1n) is 6.82. The van der Waals surface area contributed by atoms with Crippen LogP contribution in [-0.4, -0.2) is 24.8 Å². The molecule has 0 amide bonds. The van der Waals surface area contributed by atoms with Gasteiger partial charge in [0.25, 0.3) is 0 Å². The highest BCUT2D eigenvalue weighted by atomic mass is 32.2. The fourth-order valence-electron chi connectivity index (χ4n) is 2.04. The van der Waals surface area contributed by atoms with Gasteiger partial charge in [-0.2, -0.15) is 0 Å². The second-order valence-corrected chi connectivity index (χ2v) is 6.43. The summed E-state index contributed by atoms with van der Waals surface area (Å²) in [5, 5.41) is 4.14. The molecule has 25 heavy (non-hydrogen) atoms. The van der Waals surface area contributed by atoms with Gasteiger partial charge in [-0.1, -0.05) is 0 Å². The van der Waals surface area contributed by atoms with Crippen molar-refractivity contribution in [1.29, 1.82) is 0 Å². The zero-order valence-corrected chi connectivity index (χ0v) is 13.2. The molecule has 0 aliphatic rings. The molecule has 1 unspecified atom stereocenters. The Morgan fingerprint density at radius 2 is 1.76 bits per heavy atom. The highest BCUT2D eigenvalue weighted by Crippen LogP contribution is 2.30. The van der Waals surface area contributed by atoms with Gasteiger partial charge in [-0.05, 0) is 42.5 Å². The van der Waals surface area contributed by atoms with Gasteiger partial charge >= 0.3 is 5.51 Å². The molecule has 0 aliphatic heterocycles. The summed E-state index contributed by atoms with van der Waals surface area (Å²) >= 11 is -3.09. The van der Waals surface area contributed by atoms with E-state index in [1.165, 1.54) is 35.3 Å². The molecule has 5 nitrogen and oxygen atoms in total. The van der Waals surface area contributed by atoms with Crippen molar-refractivity contribution in [3.63, 3.8) is 0 Å². The number of benzene rings is 2. The molecule has 0 bridgehead atoms. The molecule has 10 heteroatoms. The molecule has 2 N–H and O–H groups in total. The highest BCUT2D eigenvalue weighted by molar-refractivity contribution is 7.92. The van der Waals surface area contributed by atoms with E-state index in [-0.39, 0.29) is 16.4 Å². The first-order valence-corrected chi connectivity index (χ1v) is 7.97. The van der Waals surface area contributed by atoms with E-state index in [0.717, 1.165) is 12.1 Å². The van der Waals surface area contributed by atoms with Gasteiger partial charge in [-0.15, -0.1) is 18.3 Å². The Bertz CT molecular complexity index is 895. The number of hydrogen-bond acceptors (Lipinski definition) is 4. The maximum absolute atomic E-state index is 13.5. The van der Waals surface area contributed by atoms with Gasteiger partial charge in [0.2, 0.25) is 0 Å². The van der Waals surface area contributed by atoms with Crippen LogP contribution in [0.15, 0.2) is 53.7 Å². The topological polar surface area (TPSA) is 79.8 Å². The molecule has 1 heterocycles. The van der Waals surface area contributed by atoms with Gasteiger partial charge in [-0.25, -0.2) is 14.1 Å². The minimum atomic E-state index is -4.82. The Labute approximate surface area is 142 Å². The van der Waals surface area contributed by atoms with Crippen LogP contribution in [0, 0.1) is 5.82 Å². The third-order valence-corrected chi connectivity index (χ3v) is 4.40. The van der Waals surface area contributed by atoms with Gasteiger partial charge in [0.15, 0.2) is 10.7 Å². The highest BCUT2D eigenvalue weighted by Gasteiger charge is 2.45. The van der Waals surface area contributed by atoms with Gasteiger partial charge in [0, 0.05) is 5.56 Å². The van der Waals surface area contributed by atoms with Crippen LogP contribution in [0.2, 0.25) is 0 Å². The van der Waals surface area contributed by atoms with Gasteiger partial charge in [0.1, 0.15) is 12.1 Å². The fraction of sp³-hybridized carbons (Fsp3) is 0.0667. The number of hydrogen-bond donors (Lipinski definition) is 1. The van der Waals surface area contributed by atoms with Crippen LogP contribution >= 0.6 is 0 Å². The van der Waals surface area contributed by atoms with Crippen molar-refractivity contribution in [1.82, 2.24) is 14.8 Å². The van der Waals surface area contributed by atoms with Crippen LogP contribution in [0.3, 0.4) is 0 Å². The normalized spacial score (nSPS) is 13.0. The molecule has 0 radical (unpaired) electrons. The van der Waals surface area contributed by atoms with Gasteiger partial charge in [-0.3, -0.25) is 0 Å². The molecule has 1 aromatic heterocycles. The summed E-state index contributed by atoms with van der Waals surface area (Å²) in [6.07, 6.45) is 1.33. The number of nitrogen functional groups attached to an aromatic ring is 1. The molecule has 3 rings (SSSR count). The van der Waals surface area contributed by atoms with E-state index >= 15 is 0 Å². The van der Waals surface area contributed by atoms with Crippen molar-refractivity contribution in [3.05, 3.63) is 54.6 Å². The largest absolute Gasteiger partial charge is 0.604 e. The van der Waals surface area contributed by atoms with Crippen LogP contribution in [-0.2, 0) is 11.2 Å². The number of nitrogens with zero attached hydrogens (tertiary/aromatic N) is 3. The lowest BCUT2D eigenvalue weighted by Gasteiger charge is -2.12. The van der Waals surface area contributed by atoms with Crippen molar-refractivity contribution in [2.75, 3.05) is 5.73 Å². The van der Waals surface area contributed by atoms with Crippen LogP contribution in [0.1, 0.15) is 0 Å².